The molecule has 2 atom stereocenters. The monoisotopic (exact) mass is 396 g/mol. The number of hydrogen-bond acceptors (Lipinski definition) is 4. The number of nitrogens with zero attached hydrogens (tertiary/aromatic N) is 3. The first kappa shape index (κ1) is 19.0. The maximum atomic E-state index is 12.7. The molecular formula is C18H22Cl2N4O2. The summed E-state index contributed by atoms with van der Waals surface area (Å²) in [6.45, 7) is 3.29. The molecule has 8 heteroatoms. The van der Waals surface area contributed by atoms with Gasteiger partial charge >= 0.3 is 6.09 Å². The van der Waals surface area contributed by atoms with Gasteiger partial charge in [-0.2, -0.15) is 0 Å². The Morgan fingerprint density at radius 2 is 2.19 bits per heavy atom. The van der Waals surface area contributed by atoms with Gasteiger partial charge in [0, 0.05) is 25.2 Å². The second-order valence-electron chi connectivity index (χ2n) is 6.91. The fraction of sp³-hybridized carbons (Fsp3) is 0.444. The van der Waals surface area contributed by atoms with Crippen molar-refractivity contribution in [3.8, 4) is 5.88 Å². The molecule has 2 heterocycles. The summed E-state index contributed by atoms with van der Waals surface area (Å²) in [6.07, 6.45) is 2.93. The number of amides is 1. The summed E-state index contributed by atoms with van der Waals surface area (Å²) in [5.74, 6) is 2.24. The van der Waals surface area contributed by atoms with Crippen LogP contribution in [0.15, 0.2) is 36.8 Å². The Hall–Kier alpha value is -1.76. The van der Waals surface area contributed by atoms with Crippen molar-refractivity contribution in [1.82, 2.24) is 19.8 Å². The van der Waals surface area contributed by atoms with Crippen molar-refractivity contribution in [2.24, 2.45) is 24.8 Å². The molecule has 1 aliphatic heterocycles. The van der Waals surface area contributed by atoms with Gasteiger partial charge in [0.25, 0.3) is 0 Å². The lowest BCUT2D eigenvalue weighted by Crippen LogP contribution is -2.36. The van der Waals surface area contributed by atoms with Crippen molar-refractivity contribution in [3.63, 3.8) is 0 Å². The maximum Gasteiger partial charge on any atom is 0.416 e. The summed E-state index contributed by atoms with van der Waals surface area (Å²) in [6, 6.07) is 7.59. The molecule has 26 heavy (non-hydrogen) atoms. The average molecular weight is 397 g/mol. The third kappa shape index (κ3) is 4.14. The molecule has 4 rings (SSSR count). The van der Waals surface area contributed by atoms with E-state index in [0.29, 0.717) is 41.7 Å². The molecular weight excluding hydrogens is 375 g/mol. The topological polar surface area (TPSA) is 59.4 Å². The Morgan fingerprint density at radius 1 is 1.42 bits per heavy atom. The SMILES string of the molecule is Cl.Cn1cnc(OC(=O)N(Cc2cccc(Cl)c2)CC2C3CNCC32)c1. The number of nitrogens with one attached hydrogen (secondary N) is 1. The van der Waals surface area contributed by atoms with Crippen LogP contribution >= 0.6 is 24.0 Å². The van der Waals surface area contributed by atoms with Crippen LogP contribution in [0.4, 0.5) is 4.79 Å². The number of carbonyl (C=O) groups excluding carboxylic acids is 1. The van der Waals surface area contributed by atoms with E-state index in [1.54, 1.807) is 22.0 Å². The van der Waals surface area contributed by atoms with E-state index in [-0.39, 0.29) is 18.5 Å². The van der Waals surface area contributed by atoms with Crippen molar-refractivity contribution in [3.05, 3.63) is 47.4 Å². The van der Waals surface area contributed by atoms with E-state index >= 15 is 0 Å². The zero-order valence-electron chi connectivity index (χ0n) is 14.5. The van der Waals surface area contributed by atoms with Gasteiger partial charge in [0.2, 0.25) is 5.88 Å². The summed E-state index contributed by atoms with van der Waals surface area (Å²) in [5.41, 5.74) is 0.995. The highest BCUT2D eigenvalue weighted by Crippen LogP contribution is 2.49. The Bertz CT molecular complexity index is 772. The summed E-state index contributed by atoms with van der Waals surface area (Å²) >= 11 is 6.08. The lowest BCUT2D eigenvalue weighted by molar-refractivity contribution is 0.143. The van der Waals surface area contributed by atoms with Crippen LogP contribution < -0.4 is 10.1 Å². The molecule has 1 N–H and O–H groups in total. The number of aromatic nitrogens is 2. The number of aryl methyl sites for hydroxylation is 1. The van der Waals surface area contributed by atoms with Crippen molar-refractivity contribution >= 4 is 30.1 Å². The smallest absolute Gasteiger partial charge is 0.389 e. The quantitative estimate of drug-likeness (QED) is 0.843. The fourth-order valence-electron chi connectivity index (χ4n) is 3.73. The molecule has 1 aliphatic carbocycles. The van der Waals surface area contributed by atoms with E-state index in [2.05, 4.69) is 10.3 Å². The predicted molar refractivity (Wildman–Crippen MR) is 102 cm³/mol. The molecule has 2 unspecified atom stereocenters. The summed E-state index contributed by atoms with van der Waals surface area (Å²) in [5, 5.41) is 4.06. The Balaban J connectivity index is 0.00000196. The van der Waals surface area contributed by atoms with Gasteiger partial charge < -0.3 is 19.5 Å². The standard InChI is InChI=1S/C18H21ClN4O2.ClH/c1-22-10-17(21-11-22)25-18(24)23(8-12-3-2-4-13(19)5-12)9-16-14-6-20-7-15(14)16;/h2-5,10-11,14-16,20H,6-9H2,1H3;1H. The van der Waals surface area contributed by atoms with Gasteiger partial charge in [0.1, 0.15) is 0 Å². The number of halogens is 2. The van der Waals surface area contributed by atoms with Crippen LogP contribution in [0.1, 0.15) is 5.56 Å². The minimum Gasteiger partial charge on any atom is -0.389 e. The average Bonchev–Trinajstić information content (AvgIpc) is 2.94. The van der Waals surface area contributed by atoms with Gasteiger partial charge in [-0.3, -0.25) is 0 Å². The highest BCUT2D eigenvalue weighted by atomic mass is 35.5. The van der Waals surface area contributed by atoms with E-state index in [4.69, 9.17) is 16.3 Å². The molecule has 2 aliphatic rings. The van der Waals surface area contributed by atoms with E-state index in [9.17, 15) is 4.79 Å². The van der Waals surface area contributed by atoms with Crippen molar-refractivity contribution in [2.75, 3.05) is 19.6 Å². The molecule has 1 saturated carbocycles. The molecule has 140 valence electrons. The van der Waals surface area contributed by atoms with Crippen LogP contribution in [0.25, 0.3) is 0 Å². The molecule has 6 nitrogen and oxygen atoms in total. The number of piperidine rings is 1. The molecule has 0 radical (unpaired) electrons. The fourth-order valence-corrected chi connectivity index (χ4v) is 3.94. The Kier molecular flexibility index (Phi) is 5.75. The molecule has 0 bridgehead atoms. The molecule has 1 amide bonds. The number of rotatable bonds is 5. The maximum absolute atomic E-state index is 12.7. The summed E-state index contributed by atoms with van der Waals surface area (Å²) < 4.78 is 7.21. The zero-order chi connectivity index (χ0) is 17.4. The predicted octanol–water partition coefficient (Wildman–Crippen LogP) is 2.96. The number of benzene rings is 1. The third-order valence-electron chi connectivity index (χ3n) is 5.09. The zero-order valence-corrected chi connectivity index (χ0v) is 16.0. The van der Waals surface area contributed by atoms with Crippen LogP contribution in [0.2, 0.25) is 5.02 Å². The number of ether oxygens (including phenoxy) is 1. The van der Waals surface area contributed by atoms with Crippen LogP contribution in [-0.4, -0.2) is 40.2 Å². The Morgan fingerprint density at radius 3 is 2.85 bits per heavy atom. The van der Waals surface area contributed by atoms with Crippen LogP contribution in [0, 0.1) is 17.8 Å². The first-order valence-electron chi connectivity index (χ1n) is 8.50. The molecule has 2 fully saturated rings. The van der Waals surface area contributed by atoms with Crippen molar-refractivity contribution < 1.29 is 9.53 Å². The van der Waals surface area contributed by atoms with Gasteiger partial charge in [-0.05, 0) is 48.5 Å². The first-order chi connectivity index (χ1) is 12.1. The molecule has 1 aromatic carbocycles. The molecule has 1 aromatic heterocycles. The highest BCUT2D eigenvalue weighted by Gasteiger charge is 2.53. The van der Waals surface area contributed by atoms with Gasteiger partial charge in [0.15, 0.2) is 0 Å². The van der Waals surface area contributed by atoms with Gasteiger partial charge in [-0.25, -0.2) is 9.78 Å². The minimum atomic E-state index is -0.364. The highest BCUT2D eigenvalue weighted by molar-refractivity contribution is 6.30. The molecule has 2 aromatic rings. The van der Waals surface area contributed by atoms with Gasteiger partial charge in [-0.1, -0.05) is 23.7 Å². The summed E-state index contributed by atoms with van der Waals surface area (Å²) in [4.78, 5) is 18.5. The third-order valence-corrected chi connectivity index (χ3v) is 5.33. The molecule has 0 spiro atoms. The number of imidazole rings is 1. The second-order valence-corrected chi connectivity index (χ2v) is 7.34. The van der Waals surface area contributed by atoms with E-state index in [1.807, 2.05) is 31.3 Å². The van der Waals surface area contributed by atoms with Gasteiger partial charge in [-0.15, -0.1) is 12.4 Å². The van der Waals surface area contributed by atoms with Crippen molar-refractivity contribution in [2.45, 2.75) is 6.54 Å². The van der Waals surface area contributed by atoms with Gasteiger partial charge in [0.05, 0.1) is 12.5 Å². The van der Waals surface area contributed by atoms with Crippen LogP contribution in [0.3, 0.4) is 0 Å². The minimum absolute atomic E-state index is 0. The number of carbonyl (C=O) groups is 1. The lowest BCUT2D eigenvalue weighted by atomic mass is 10.2. The first-order valence-corrected chi connectivity index (χ1v) is 8.88. The van der Waals surface area contributed by atoms with Crippen LogP contribution in [0.5, 0.6) is 5.88 Å². The van der Waals surface area contributed by atoms with Crippen molar-refractivity contribution in [1.29, 1.82) is 0 Å². The van der Waals surface area contributed by atoms with Crippen LogP contribution in [-0.2, 0) is 13.6 Å². The van der Waals surface area contributed by atoms with E-state index in [1.165, 1.54) is 0 Å². The number of hydrogen-bond donors (Lipinski definition) is 1. The normalized spacial score (nSPS) is 23.1. The van der Waals surface area contributed by atoms with E-state index in [0.717, 1.165) is 18.7 Å². The summed E-state index contributed by atoms with van der Waals surface area (Å²) in [7, 11) is 1.84. The molecule has 1 saturated heterocycles. The van der Waals surface area contributed by atoms with E-state index < -0.39 is 0 Å². The second kappa shape index (κ2) is 7.86. The number of fused-ring (bicyclic) bond motifs is 1. The lowest BCUT2D eigenvalue weighted by Gasteiger charge is -2.22. The largest absolute Gasteiger partial charge is 0.416 e. The Labute approximate surface area is 163 Å².